The third-order valence-corrected chi connectivity index (χ3v) is 4.93. The second kappa shape index (κ2) is 5.57. The van der Waals surface area contributed by atoms with Gasteiger partial charge in [0.05, 0.1) is 0 Å². The van der Waals surface area contributed by atoms with E-state index in [9.17, 15) is 9.90 Å². The van der Waals surface area contributed by atoms with E-state index in [2.05, 4.69) is 11.8 Å². The SMILES string of the molecule is CCC1CCCN(C2CCC(N)(C(=O)O)C2)CC1. The van der Waals surface area contributed by atoms with Crippen LogP contribution in [0.2, 0.25) is 0 Å². The normalized spacial score (nSPS) is 38.6. The molecule has 3 N–H and O–H groups in total. The maximum absolute atomic E-state index is 11.2. The van der Waals surface area contributed by atoms with Gasteiger partial charge in [0.2, 0.25) is 0 Å². The van der Waals surface area contributed by atoms with E-state index in [-0.39, 0.29) is 0 Å². The summed E-state index contributed by atoms with van der Waals surface area (Å²) in [6, 6.07) is 0.390. The van der Waals surface area contributed by atoms with Gasteiger partial charge in [0, 0.05) is 6.04 Å². The lowest BCUT2D eigenvalue weighted by atomic mass is 9.98. The molecule has 2 fully saturated rings. The highest BCUT2D eigenvalue weighted by Gasteiger charge is 2.44. The van der Waals surface area contributed by atoms with Crippen molar-refractivity contribution in [1.29, 1.82) is 0 Å². The number of likely N-dealkylation sites (tertiary alicyclic amines) is 1. The van der Waals surface area contributed by atoms with Crippen molar-refractivity contribution in [2.24, 2.45) is 11.7 Å². The summed E-state index contributed by atoms with van der Waals surface area (Å²) in [5.41, 5.74) is 4.99. The molecule has 3 atom stereocenters. The number of aliphatic carboxylic acids is 1. The number of nitrogens with two attached hydrogens (primary N) is 1. The predicted octanol–water partition coefficient (Wildman–Crippen LogP) is 1.83. The molecular weight excluding hydrogens is 228 g/mol. The fraction of sp³-hybridized carbons (Fsp3) is 0.929. The van der Waals surface area contributed by atoms with Gasteiger partial charge in [-0.15, -0.1) is 0 Å². The number of carboxylic acids is 1. The molecule has 104 valence electrons. The number of nitrogens with zero attached hydrogens (tertiary/aromatic N) is 1. The molecule has 0 radical (unpaired) electrons. The summed E-state index contributed by atoms with van der Waals surface area (Å²) in [6.07, 6.45) is 7.30. The van der Waals surface area contributed by atoms with Crippen LogP contribution in [-0.4, -0.2) is 40.6 Å². The number of carbonyl (C=O) groups is 1. The van der Waals surface area contributed by atoms with Crippen LogP contribution in [0.4, 0.5) is 0 Å². The molecular formula is C14H26N2O2. The lowest BCUT2D eigenvalue weighted by molar-refractivity contribution is -0.143. The molecule has 1 heterocycles. The van der Waals surface area contributed by atoms with E-state index in [0.717, 1.165) is 25.4 Å². The first kappa shape index (κ1) is 13.8. The molecule has 1 aliphatic carbocycles. The van der Waals surface area contributed by atoms with E-state index >= 15 is 0 Å². The number of carboxylic acid groups (broad SMARTS) is 1. The smallest absolute Gasteiger partial charge is 0.323 e. The molecule has 0 bridgehead atoms. The zero-order valence-corrected chi connectivity index (χ0v) is 11.4. The van der Waals surface area contributed by atoms with Crippen LogP contribution in [0.15, 0.2) is 0 Å². The topological polar surface area (TPSA) is 66.6 Å². The van der Waals surface area contributed by atoms with Crippen LogP contribution in [0.3, 0.4) is 0 Å². The van der Waals surface area contributed by atoms with Gasteiger partial charge in [-0.05, 0) is 57.5 Å². The minimum absolute atomic E-state index is 0.390. The maximum atomic E-state index is 11.2. The van der Waals surface area contributed by atoms with Crippen LogP contribution in [0.25, 0.3) is 0 Å². The summed E-state index contributed by atoms with van der Waals surface area (Å²) in [6.45, 7) is 4.51. The van der Waals surface area contributed by atoms with Crippen molar-refractivity contribution >= 4 is 5.97 Å². The van der Waals surface area contributed by atoms with E-state index in [0.29, 0.717) is 18.9 Å². The molecule has 2 rings (SSSR count). The Bertz CT molecular complexity index is 308. The highest BCUT2D eigenvalue weighted by molar-refractivity contribution is 5.79. The van der Waals surface area contributed by atoms with Gasteiger partial charge in [0.25, 0.3) is 0 Å². The Morgan fingerprint density at radius 1 is 1.39 bits per heavy atom. The van der Waals surface area contributed by atoms with E-state index < -0.39 is 11.5 Å². The predicted molar refractivity (Wildman–Crippen MR) is 71.4 cm³/mol. The Morgan fingerprint density at radius 3 is 2.78 bits per heavy atom. The molecule has 1 saturated heterocycles. The lowest BCUT2D eigenvalue weighted by Gasteiger charge is -2.28. The minimum atomic E-state index is -0.971. The van der Waals surface area contributed by atoms with Crippen LogP contribution >= 0.6 is 0 Å². The van der Waals surface area contributed by atoms with Crippen LogP contribution in [-0.2, 0) is 4.79 Å². The van der Waals surface area contributed by atoms with Crippen molar-refractivity contribution in [2.75, 3.05) is 13.1 Å². The summed E-state index contributed by atoms with van der Waals surface area (Å²) in [5.74, 6) is 0.0322. The quantitative estimate of drug-likeness (QED) is 0.806. The average molecular weight is 254 g/mol. The van der Waals surface area contributed by atoms with Crippen molar-refractivity contribution in [3.8, 4) is 0 Å². The zero-order chi connectivity index (χ0) is 13.2. The molecule has 18 heavy (non-hydrogen) atoms. The Labute approximate surface area is 110 Å². The van der Waals surface area contributed by atoms with E-state index in [1.807, 2.05) is 0 Å². The average Bonchev–Trinajstić information content (AvgIpc) is 2.62. The van der Waals surface area contributed by atoms with Gasteiger partial charge in [0.15, 0.2) is 0 Å². The largest absolute Gasteiger partial charge is 0.480 e. The molecule has 4 heteroatoms. The standard InChI is InChI=1S/C14H26N2O2/c1-2-11-4-3-8-16(9-6-11)12-5-7-14(15,10-12)13(17)18/h11-12H,2-10,15H2,1H3,(H,17,18). The molecule has 0 aromatic heterocycles. The van der Waals surface area contributed by atoms with Crippen molar-refractivity contribution < 1.29 is 9.90 Å². The molecule has 0 aromatic rings. The molecule has 0 amide bonds. The third kappa shape index (κ3) is 2.86. The van der Waals surface area contributed by atoms with E-state index in [4.69, 9.17) is 5.73 Å². The summed E-state index contributed by atoms with van der Waals surface area (Å²) < 4.78 is 0. The second-order valence-corrected chi connectivity index (χ2v) is 6.10. The first-order chi connectivity index (χ1) is 8.55. The van der Waals surface area contributed by atoms with Crippen molar-refractivity contribution in [3.05, 3.63) is 0 Å². The Morgan fingerprint density at radius 2 is 2.17 bits per heavy atom. The van der Waals surface area contributed by atoms with Crippen LogP contribution < -0.4 is 5.73 Å². The summed E-state index contributed by atoms with van der Waals surface area (Å²) >= 11 is 0. The molecule has 0 spiro atoms. The second-order valence-electron chi connectivity index (χ2n) is 6.10. The number of hydrogen-bond acceptors (Lipinski definition) is 3. The fourth-order valence-electron chi connectivity index (χ4n) is 3.52. The van der Waals surface area contributed by atoms with Gasteiger partial charge < -0.3 is 15.7 Å². The van der Waals surface area contributed by atoms with Crippen LogP contribution in [0.5, 0.6) is 0 Å². The molecule has 2 aliphatic rings. The minimum Gasteiger partial charge on any atom is -0.480 e. The Hall–Kier alpha value is -0.610. The maximum Gasteiger partial charge on any atom is 0.323 e. The van der Waals surface area contributed by atoms with Gasteiger partial charge in [-0.25, -0.2) is 0 Å². The monoisotopic (exact) mass is 254 g/mol. The van der Waals surface area contributed by atoms with Crippen molar-refractivity contribution in [2.45, 2.75) is 63.5 Å². The number of rotatable bonds is 3. The first-order valence-corrected chi connectivity index (χ1v) is 7.31. The summed E-state index contributed by atoms with van der Waals surface area (Å²) in [7, 11) is 0. The highest BCUT2D eigenvalue weighted by Crippen LogP contribution is 2.33. The van der Waals surface area contributed by atoms with Gasteiger partial charge in [-0.3, -0.25) is 4.79 Å². The molecule has 1 saturated carbocycles. The van der Waals surface area contributed by atoms with Crippen LogP contribution in [0.1, 0.15) is 51.9 Å². The van der Waals surface area contributed by atoms with E-state index in [1.54, 1.807) is 0 Å². The Balaban J connectivity index is 1.91. The first-order valence-electron chi connectivity index (χ1n) is 7.31. The fourth-order valence-corrected chi connectivity index (χ4v) is 3.52. The van der Waals surface area contributed by atoms with E-state index in [1.165, 1.54) is 25.7 Å². The van der Waals surface area contributed by atoms with Gasteiger partial charge in [0.1, 0.15) is 5.54 Å². The van der Waals surface area contributed by atoms with Crippen molar-refractivity contribution in [1.82, 2.24) is 4.90 Å². The molecule has 4 nitrogen and oxygen atoms in total. The lowest BCUT2D eigenvalue weighted by Crippen LogP contribution is -2.47. The van der Waals surface area contributed by atoms with Gasteiger partial charge in [-0.1, -0.05) is 13.3 Å². The zero-order valence-electron chi connectivity index (χ0n) is 11.4. The summed E-state index contributed by atoms with van der Waals surface area (Å²) in [4.78, 5) is 13.7. The van der Waals surface area contributed by atoms with Gasteiger partial charge in [-0.2, -0.15) is 0 Å². The summed E-state index contributed by atoms with van der Waals surface area (Å²) in [5, 5.41) is 9.18. The molecule has 1 aliphatic heterocycles. The highest BCUT2D eigenvalue weighted by atomic mass is 16.4. The van der Waals surface area contributed by atoms with Crippen molar-refractivity contribution in [3.63, 3.8) is 0 Å². The van der Waals surface area contributed by atoms with Gasteiger partial charge >= 0.3 is 5.97 Å². The molecule has 3 unspecified atom stereocenters. The Kier molecular flexibility index (Phi) is 4.28. The number of hydrogen-bond donors (Lipinski definition) is 2. The molecule has 0 aromatic carbocycles. The third-order valence-electron chi connectivity index (χ3n) is 4.93. The van der Waals surface area contributed by atoms with Crippen LogP contribution in [0, 0.1) is 5.92 Å².